The smallest absolute Gasteiger partial charge is 0.306 e. The lowest BCUT2D eigenvalue weighted by molar-refractivity contribution is -0.0328. The summed E-state index contributed by atoms with van der Waals surface area (Å²) >= 11 is -0.202. The Morgan fingerprint density at radius 2 is 1.90 bits per heavy atom. The number of nitrogens with one attached hydrogen (secondary N) is 1. The summed E-state index contributed by atoms with van der Waals surface area (Å²) in [5, 5.41) is 0. The van der Waals surface area contributed by atoms with Crippen LogP contribution in [0.5, 0.6) is 0 Å². The molecule has 0 amide bonds. The second-order valence-corrected chi connectivity index (χ2v) is 5.29. The first-order valence-corrected chi connectivity index (χ1v) is 6.67. The van der Waals surface area contributed by atoms with Gasteiger partial charge < -0.3 is 4.98 Å². The minimum absolute atomic E-state index is 0.0361. The van der Waals surface area contributed by atoms with Crippen molar-refractivity contribution in [1.82, 2.24) is 14.5 Å². The van der Waals surface area contributed by atoms with E-state index in [2.05, 4.69) is 9.97 Å². The van der Waals surface area contributed by atoms with Crippen LogP contribution < -0.4 is 5.56 Å². The van der Waals surface area contributed by atoms with Gasteiger partial charge in [-0.15, -0.1) is 0 Å². The van der Waals surface area contributed by atoms with Crippen LogP contribution in [0.15, 0.2) is 52.4 Å². The number of pyridine rings is 1. The lowest BCUT2D eigenvalue weighted by atomic mass is 10.3. The molecule has 8 heteroatoms. The highest BCUT2D eigenvalue weighted by atomic mass is 32.2. The lowest BCUT2D eigenvalue weighted by Gasteiger charge is -2.12. The van der Waals surface area contributed by atoms with Crippen LogP contribution in [0.1, 0.15) is 0 Å². The third kappa shape index (κ3) is 2.80. The molecule has 0 aliphatic carbocycles. The molecule has 0 unspecified atom stereocenters. The average Bonchev–Trinajstić information content (AvgIpc) is 2.80. The van der Waals surface area contributed by atoms with Crippen molar-refractivity contribution in [3.8, 4) is 5.69 Å². The largest absolute Gasteiger partial charge is 0.446 e. The molecule has 0 saturated heterocycles. The molecular formula is C13H8F3N3OS. The fraction of sp³-hybridized carbons (Fsp3) is 0.0769. The molecule has 0 fully saturated rings. The first kappa shape index (κ1) is 13.7. The Hall–Kier alpha value is -2.22. The van der Waals surface area contributed by atoms with Crippen molar-refractivity contribution in [2.45, 2.75) is 10.4 Å². The minimum Gasteiger partial charge on any atom is -0.306 e. The van der Waals surface area contributed by atoms with Crippen LogP contribution in [0.25, 0.3) is 16.9 Å². The van der Waals surface area contributed by atoms with Gasteiger partial charge >= 0.3 is 5.51 Å². The number of aromatic amines is 1. The van der Waals surface area contributed by atoms with Gasteiger partial charge in [0.1, 0.15) is 17.5 Å². The molecule has 1 aromatic carbocycles. The van der Waals surface area contributed by atoms with Gasteiger partial charge in [0.15, 0.2) is 0 Å². The predicted octanol–water partition coefficient (Wildman–Crippen LogP) is 3.33. The van der Waals surface area contributed by atoms with E-state index in [1.54, 1.807) is 12.1 Å². The Balaban J connectivity index is 2.19. The van der Waals surface area contributed by atoms with E-state index in [0.29, 0.717) is 16.9 Å². The zero-order chi connectivity index (χ0) is 15.0. The van der Waals surface area contributed by atoms with Crippen molar-refractivity contribution in [3.63, 3.8) is 0 Å². The van der Waals surface area contributed by atoms with Crippen LogP contribution >= 0.6 is 11.8 Å². The number of para-hydroxylation sites is 1. The van der Waals surface area contributed by atoms with E-state index >= 15 is 0 Å². The molecular weight excluding hydrogens is 303 g/mol. The maximum Gasteiger partial charge on any atom is 0.446 e. The Kier molecular flexibility index (Phi) is 3.25. The fourth-order valence-electron chi connectivity index (χ4n) is 1.97. The van der Waals surface area contributed by atoms with Crippen LogP contribution in [0.3, 0.4) is 0 Å². The highest BCUT2D eigenvalue weighted by Gasteiger charge is 2.30. The third-order valence-corrected chi connectivity index (χ3v) is 3.58. The van der Waals surface area contributed by atoms with Gasteiger partial charge in [-0.3, -0.25) is 9.36 Å². The van der Waals surface area contributed by atoms with Crippen LogP contribution in [-0.4, -0.2) is 20.0 Å². The van der Waals surface area contributed by atoms with E-state index in [9.17, 15) is 18.0 Å². The minimum atomic E-state index is -4.39. The van der Waals surface area contributed by atoms with Gasteiger partial charge in [-0.25, -0.2) is 4.98 Å². The molecule has 1 N–H and O–H groups in total. The summed E-state index contributed by atoms with van der Waals surface area (Å²) in [5.41, 5.74) is -3.56. The van der Waals surface area contributed by atoms with E-state index in [1.165, 1.54) is 35.2 Å². The summed E-state index contributed by atoms with van der Waals surface area (Å²) < 4.78 is 39.3. The molecule has 21 heavy (non-hydrogen) atoms. The molecule has 0 aliphatic rings. The number of aromatic nitrogens is 3. The quantitative estimate of drug-likeness (QED) is 0.739. The molecule has 108 valence electrons. The fourth-order valence-corrected chi connectivity index (χ4v) is 2.64. The van der Waals surface area contributed by atoms with Crippen LogP contribution in [0.4, 0.5) is 13.2 Å². The zero-order valence-corrected chi connectivity index (χ0v) is 11.2. The summed E-state index contributed by atoms with van der Waals surface area (Å²) in [4.78, 5) is 18.1. The maximum atomic E-state index is 12.6. The summed E-state index contributed by atoms with van der Waals surface area (Å²) in [7, 11) is 0. The first-order chi connectivity index (χ1) is 9.94. The molecule has 0 aliphatic heterocycles. The van der Waals surface area contributed by atoms with E-state index in [1.807, 2.05) is 0 Å². The van der Waals surface area contributed by atoms with Gasteiger partial charge in [0.2, 0.25) is 5.56 Å². The molecule has 3 aromatic rings. The Bertz CT molecular complexity index is 853. The Labute approximate surface area is 120 Å². The first-order valence-electron chi connectivity index (χ1n) is 5.85. The van der Waals surface area contributed by atoms with Gasteiger partial charge in [-0.2, -0.15) is 13.2 Å². The summed E-state index contributed by atoms with van der Waals surface area (Å²) in [5.74, 6) is 0. The summed E-state index contributed by atoms with van der Waals surface area (Å²) in [6.07, 6.45) is 1.39. The number of benzene rings is 1. The molecule has 4 nitrogen and oxygen atoms in total. The molecule has 2 heterocycles. The number of halogens is 3. The van der Waals surface area contributed by atoms with Crippen molar-refractivity contribution in [2.24, 2.45) is 0 Å². The second-order valence-electron chi connectivity index (χ2n) is 4.19. The van der Waals surface area contributed by atoms with Gasteiger partial charge in [0.05, 0.1) is 5.69 Å². The predicted molar refractivity (Wildman–Crippen MR) is 73.6 cm³/mol. The lowest BCUT2D eigenvalue weighted by Crippen LogP contribution is -2.06. The Morgan fingerprint density at radius 1 is 1.14 bits per heavy atom. The number of hydrogen-bond donors (Lipinski definition) is 1. The van der Waals surface area contributed by atoms with E-state index in [4.69, 9.17) is 0 Å². The number of imidazole rings is 1. The summed E-state index contributed by atoms with van der Waals surface area (Å²) in [6.45, 7) is 0. The highest BCUT2D eigenvalue weighted by Crippen LogP contribution is 2.39. The third-order valence-electron chi connectivity index (χ3n) is 2.78. The molecule has 0 saturated carbocycles. The van der Waals surface area contributed by atoms with E-state index in [0.717, 1.165) is 0 Å². The topological polar surface area (TPSA) is 50.7 Å². The average molecular weight is 311 g/mol. The van der Waals surface area contributed by atoms with Crippen molar-refractivity contribution in [3.05, 3.63) is 53.1 Å². The number of thioether (sulfide) groups is 1. The van der Waals surface area contributed by atoms with Crippen LogP contribution in [0.2, 0.25) is 0 Å². The van der Waals surface area contributed by atoms with E-state index < -0.39 is 5.51 Å². The molecule has 0 atom stereocenters. The molecule has 0 bridgehead atoms. The molecule has 0 spiro atoms. The zero-order valence-electron chi connectivity index (χ0n) is 10.4. The van der Waals surface area contributed by atoms with E-state index in [-0.39, 0.29) is 22.2 Å². The van der Waals surface area contributed by atoms with Crippen molar-refractivity contribution in [1.29, 1.82) is 0 Å². The number of fused-ring (bicyclic) bond motifs is 1. The number of hydrogen-bond acceptors (Lipinski definition) is 3. The number of rotatable bonds is 2. The molecule has 3 rings (SSSR count). The van der Waals surface area contributed by atoms with Gasteiger partial charge in [-0.05, 0) is 30.0 Å². The molecule has 2 aromatic heterocycles. The highest BCUT2D eigenvalue weighted by molar-refractivity contribution is 8.00. The normalized spacial score (nSPS) is 12.0. The van der Waals surface area contributed by atoms with Crippen molar-refractivity contribution >= 4 is 22.9 Å². The van der Waals surface area contributed by atoms with Crippen LogP contribution in [-0.2, 0) is 0 Å². The molecule has 0 radical (unpaired) electrons. The standard InChI is InChI=1S/C13H8F3N3OS/c14-13(15,16)21-10-4-2-1-3-9(10)19-7-17-8-5-6-11(20)18-12(8)19/h1-7H,(H,18,20). The monoisotopic (exact) mass is 311 g/mol. The van der Waals surface area contributed by atoms with Crippen LogP contribution in [0, 0.1) is 0 Å². The van der Waals surface area contributed by atoms with Crippen molar-refractivity contribution in [2.75, 3.05) is 0 Å². The van der Waals surface area contributed by atoms with Gasteiger partial charge in [0.25, 0.3) is 0 Å². The maximum absolute atomic E-state index is 12.6. The number of alkyl halides is 3. The van der Waals surface area contributed by atoms with Gasteiger partial charge in [0, 0.05) is 11.0 Å². The Morgan fingerprint density at radius 3 is 2.67 bits per heavy atom. The van der Waals surface area contributed by atoms with Gasteiger partial charge in [-0.1, -0.05) is 12.1 Å². The SMILES string of the molecule is O=c1ccc2ncn(-c3ccccc3SC(F)(F)F)c2[nH]1. The summed E-state index contributed by atoms with van der Waals surface area (Å²) in [6, 6.07) is 8.91. The number of H-pyrrole nitrogens is 1. The number of nitrogens with zero attached hydrogens (tertiary/aromatic N) is 2. The second kappa shape index (κ2) is 4.96. The van der Waals surface area contributed by atoms with Crippen molar-refractivity contribution < 1.29 is 13.2 Å².